The number of allylic oxidation sites excluding steroid dienone is 1. The second-order valence-corrected chi connectivity index (χ2v) is 11.2. The number of aromatic nitrogens is 3. The SMILES string of the molecule is C=CCn1c(SCC(=O)N(C)CCC#N)nnc1-c1cc2c(s1)CCC(C(C)(C)C)C2. The Bertz CT molecular complexity index is 979. The number of thioether (sulfide) groups is 1. The number of amides is 1. The molecule has 6 nitrogen and oxygen atoms in total. The van der Waals surface area contributed by atoms with Crippen LogP contribution in [0.3, 0.4) is 0 Å². The Hall–Kier alpha value is -2.11. The molecule has 0 bridgehead atoms. The Morgan fingerprint density at radius 3 is 2.94 bits per heavy atom. The van der Waals surface area contributed by atoms with E-state index in [1.54, 1.807) is 11.9 Å². The van der Waals surface area contributed by atoms with Crippen molar-refractivity contribution in [2.75, 3.05) is 19.3 Å². The summed E-state index contributed by atoms with van der Waals surface area (Å²) >= 11 is 3.20. The summed E-state index contributed by atoms with van der Waals surface area (Å²) in [6.45, 7) is 11.9. The molecular weight excluding hydrogens is 426 g/mol. The van der Waals surface area contributed by atoms with Crippen LogP contribution in [0.15, 0.2) is 23.9 Å². The maximum Gasteiger partial charge on any atom is 0.232 e. The number of nitrogens with zero attached hydrogens (tertiary/aromatic N) is 5. The topological polar surface area (TPSA) is 74.8 Å². The minimum absolute atomic E-state index is 0.0187. The van der Waals surface area contributed by atoms with E-state index in [1.165, 1.54) is 28.6 Å². The van der Waals surface area contributed by atoms with Gasteiger partial charge in [0.2, 0.25) is 5.91 Å². The maximum atomic E-state index is 12.3. The van der Waals surface area contributed by atoms with Crippen molar-refractivity contribution in [1.82, 2.24) is 19.7 Å². The third-order valence-electron chi connectivity index (χ3n) is 5.87. The van der Waals surface area contributed by atoms with Gasteiger partial charge in [-0.1, -0.05) is 38.6 Å². The number of carbonyl (C=O) groups is 1. The second kappa shape index (κ2) is 10.0. The van der Waals surface area contributed by atoms with Crippen molar-refractivity contribution in [3.05, 3.63) is 29.2 Å². The van der Waals surface area contributed by atoms with Crippen LogP contribution >= 0.6 is 23.1 Å². The Kier molecular flexibility index (Phi) is 7.60. The molecule has 0 radical (unpaired) electrons. The summed E-state index contributed by atoms with van der Waals surface area (Å²) in [5.41, 5.74) is 1.77. The first-order valence-corrected chi connectivity index (χ1v) is 12.4. The third-order valence-corrected chi connectivity index (χ3v) is 8.05. The van der Waals surface area contributed by atoms with Crippen LogP contribution in [0.25, 0.3) is 10.7 Å². The van der Waals surface area contributed by atoms with Crippen molar-refractivity contribution in [3.8, 4) is 16.8 Å². The molecule has 8 heteroatoms. The Balaban J connectivity index is 1.77. The standard InChI is InChI=1S/C23H31N5OS2/c1-6-11-28-21(25-26-22(28)30-15-20(29)27(5)12-7-10-24)19-14-16-13-17(23(2,3)4)8-9-18(16)31-19/h6,14,17H,1,7-9,11-13,15H2,2-5H3. The van der Waals surface area contributed by atoms with E-state index in [0.717, 1.165) is 28.7 Å². The molecule has 2 heterocycles. The monoisotopic (exact) mass is 457 g/mol. The molecule has 1 aliphatic carbocycles. The van der Waals surface area contributed by atoms with Crippen molar-refractivity contribution in [2.45, 2.75) is 58.2 Å². The highest BCUT2D eigenvalue weighted by molar-refractivity contribution is 7.99. The molecule has 0 fully saturated rings. The van der Waals surface area contributed by atoms with Gasteiger partial charge in [0.25, 0.3) is 0 Å². The number of fused-ring (bicyclic) bond motifs is 1. The highest BCUT2D eigenvalue weighted by Crippen LogP contribution is 2.42. The first-order chi connectivity index (χ1) is 14.7. The average molecular weight is 458 g/mol. The van der Waals surface area contributed by atoms with Crippen LogP contribution in [0.2, 0.25) is 0 Å². The zero-order valence-corrected chi connectivity index (χ0v) is 20.5. The summed E-state index contributed by atoms with van der Waals surface area (Å²) in [6, 6.07) is 4.36. The van der Waals surface area contributed by atoms with Gasteiger partial charge in [0.15, 0.2) is 11.0 Å². The highest BCUT2D eigenvalue weighted by atomic mass is 32.2. The van der Waals surface area contributed by atoms with Crippen molar-refractivity contribution in [2.24, 2.45) is 11.3 Å². The van der Waals surface area contributed by atoms with Gasteiger partial charge >= 0.3 is 0 Å². The van der Waals surface area contributed by atoms with E-state index in [2.05, 4.69) is 49.7 Å². The van der Waals surface area contributed by atoms with Crippen molar-refractivity contribution in [3.63, 3.8) is 0 Å². The molecule has 2 aromatic heterocycles. The fourth-order valence-corrected chi connectivity index (χ4v) is 5.91. The van der Waals surface area contributed by atoms with E-state index in [9.17, 15) is 4.79 Å². The van der Waals surface area contributed by atoms with Crippen molar-refractivity contribution >= 4 is 29.0 Å². The Morgan fingerprint density at radius 2 is 2.26 bits per heavy atom. The summed E-state index contributed by atoms with van der Waals surface area (Å²) in [5, 5.41) is 18.3. The molecule has 1 unspecified atom stereocenters. The van der Waals surface area contributed by atoms with Crippen LogP contribution in [-0.4, -0.2) is 44.9 Å². The number of rotatable bonds is 8. The Morgan fingerprint density at radius 1 is 1.48 bits per heavy atom. The van der Waals surface area contributed by atoms with Gasteiger partial charge in [-0.25, -0.2) is 0 Å². The molecule has 0 N–H and O–H groups in total. The molecule has 166 valence electrons. The third kappa shape index (κ3) is 5.58. The fourth-order valence-electron chi connectivity index (χ4n) is 3.82. The van der Waals surface area contributed by atoms with Crippen LogP contribution < -0.4 is 0 Å². The van der Waals surface area contributed by atoms with Crippen LogP contribution in [0, 0.1) is 22.7 Å². The van der Waals surface area contributed by atoms with Crippen LogP contribution in [-0.2, 0) is 24.2 Å². The molecule has 0 aromatic carbocycles. The fraction of sp³-hybridized carbons (Fsp3) is 0.565. The van der Waals surface area contributed by atoms with Crippen molar-refractivity contribution < 1.29 is 4.79 Å². The molecule has 2 aromatic rings. The largest absolute Gasteiger partial charge is 0.344 e. The van der Waals surface area contributed by atoms with Crippen molar-refractivity contribution in [1.29, 1.82) is 5.26 Å². The minimum Gasteiger partial charge on any atom is -0.344 e. The lowest BCUT2D eigenvalue weighted by Gasteiger charge is -2.33. The van der Waals surface area contributed by atoms with Crippen LogP contribution in [0.4, 0.5) is 0 Å². The number of hydrogen-bond acceptors (Lipinski definition) is 6. The van der Waals surface area contributed by atoms with Gasteiger partial charge in [0, 0.05) is 25.0 Å². The number of nitriles is 1. The number of aryl methyl sites for hydroxylation is 1. The zero-order valence-electron chi connectivity index (χ0n) is 18.8. The van der Waals surface area contributed by atoms with Gasteiger partial charge in [0.05, 0.1) is 23.1 Å². The lowest BCUT2D eigenvalue weighted by molar-refractivity contribution is -0.127. The maximum absolute atomic E-state index is 12.3. The van der Waals surface area contributed by atoms with E-state index in [4.69, 9.17) is 5.26 Å². The average Bonchev–Trinajstić information content (AvgIpc) is 3.32. The predicted octanol–water partition coefficient (Wildman–Crippen LogP) is 4.81. The summed E-state index contributed by atoms with van der Waals surface area (Å²) in [6.07, 6.45) is 5.65. The lowest BCUT2D eigenvalue weighted by atomic mass is 9.72. The summed E-state index contributed by atoms with van der Waals surface area (Å²) in [7, 11) is 1.72. The lowest BCUT2D eigenvalue weighted by Crippen LogP contribution is -2.29. The molecule has 0 spiro atoms. The summed E-state index contributed by atoms with van der Waals surface area (Å²) in [4.78, 5) is 16.5. The molecule has 1 atom stereocenters. The van der Waals surface area contributed by atoms with E-state index in [-0.39, 0.29) is 11.7 Å². The van der Waals surface area contributed by atoms with Crippen LogP contribution in [0.5, 0.6) is 0 Å². The quantitative estimate of drug-likeness (QED) is 0.420. The number of hydrogen-bond donors (Lipinski definition) is 0. The molecule has 0 saturated heterocycles. The normalized spacial score (nSPS) is 15.9. The molecule has 3 rings (SSSR count). The highest BCUT2D eigenvalue weighted by Gasteiger charge is 2.30. The van der Waals surface area contributed by atoms with Gasteiger partial charge in [-0.3, -0.25) is 9.36 Å². The molecule has 1 aliphatic rings. The van der Waals surface area contributed by atoms with Gasteiger partial charge in [0.1, 0.15) is 0 Å². The molecule has 1 amide bonds. The van der Waals surface area contributed by atoms with E-state index >= 15 is 0 Å². The summed E-state index contributed by atoms with van der Waals surface area (Å²) < 4.78 is 2.04. The summed E-state index contributed by atoms with van der Waals surface area (Å²) in [5.74, 6) is 1.79. The van der Waals surface area contributed by atoms with E-state index < -0.39 is 0 Å². The zero-order chi connectivity index (χ0) is 22.6. The number of carbonyl (C=O) groups excluding carboxylic acids is 1. The molecule has 31 heavy (non-hydrogen) atoms. The first kappa shape index (κ1) is 23.6. The van der Waals surface area contributed by atoms with Gasteiger partial charge in [-0.05, 0) is 42.2 Å². The van der Waals surface area contributed by atoms with Crippen LogP contribution in [0.1, 0.15) is 44.1 Å². The van der Waals surface area contributed by atoms with E-state index in [1.807, 2.05) is 22.0 Å². The predicted molar refractivity (Wildman–Crippen MR) is 127 cm³/mol. The Labute approximate surface area is 193 Å². The first-order valence-electron chi connectivity index (χ1n) is 10.6. The molecule has 0 saturated carbocycles. The molecular formula is C23H31N5OS2. The minimum atomic E-state index is -0.0187. The number of thiophene rings is 1. The second-order valence-electron chi connectivity index (χ2n) is 9.08. The van der Waals surface area contributed by atoms with Gasteiger partial charge < -0.3 is 4.90 Å². The van der Waals surface area contributed by atoms with Gasteiger partial charge in [-0.2, -0.15) is 5.26 Å². The van der Waals surface area contributed by atoms with Gasteiger partial charge in [-0.15, -0.1) is 28.1 Å². The molecule has 0 aliphatic heterocycles. The van der Waals surface area contributed by atoms with E-state index in [0.29, 0.717) is 30.8 Å². The smallest absolute Gasteiger partial charge is 0.232 e.